The number of fused-ring (bicyclic) bond motifs is 1. The molecule has 0 aromatic carbocycles. The molecule has 0 aliphatic heterocycles. The van der Waals surface area contributed by atoms with Crippen molar-refractivity contribution < 1.29 is 13.5 Å². The van der Waals surface area contributed by atoms with Gasteiger partial charge in [0.1, 0.15) is 6.54 Å². The molecule has 0 N–H and O–H groups in total. The van der Waals surface area contributed by atoms with E-state index in [1.807, 2.05) is 13.0 Å². The Kier molecular flexibility index (Phi) is 4.19. The molecular weight excluding hydrogens is 240 g/mol. The monoisotopic (exact) mass is 255 g/mol. The van der Waals surface area contributed by atoms with E-state index in [9.17, 15) is 8.78 Å². The lowest BCUT2D eigenvalue weighted by Gasteiger charge is -2.00. The first kappa shape index (κ1) is 12.9. The van der Waals surface area contributed by atoms with E-state index in [0.29, 0.717) is 24.6 Å². The van der Waals surface area contributed by atoms with Crippen molar-refractivity contribution in [2.45, 2.75) is 32.9 Å². The molecule has 6 heteroatoms. The molecule has 0 atom stereocenters. The molecule has 0 aliphatic rings. The van der Waals surface area contributed by atoms with Crippen LogP contribution in [-0.2, 0) is 17.9 Å². The summed E-state index contributed by atoms with van der Waals surface area (Å²) in [6.45, 7) is 2.52. The summed E-state index contributed by atoms with van der Waals surface area (Å²) in [5.74, 6) is 0. The van der Waals surface area contributed by atoms with E-state index in [-0.39, 0.29) is 0 Å². The van der Waals surface area contributed by atoms with E-state index in [2.05, 4.69) is 10.1 Å². The Bertz CT molecular complexity index is 513. The summed E-state index contributed by atoms with van der Waals surface area (Å²) in [5.41, 5.74) is 1.14. The molecule has 0 unspecified atom stereocenters. The van der Waals surface area contributed by atoms with Gasteiger partial charge < -0.3 is 4.74 Å². The van der Waals surface area contributed by atoms with Crippen LogP contribution in [-0.4, -0.2) is 27.8 Å². The first-order valence-corrected chi connectivity index (χ1v) is 5.88. The van der Waals surface area contributed by atoms with Crippen LogP contribution in [0.2, 0.25) is 0 Å². The maximum atomic E-state index is 12.4. The fourth-order valence-corrected chi connectivity index (χ4v) is 1.75. The molecule has 0 radical (unpaired) electrons. The third kappa shape index (κ3) is 2.81. The summed E-state index contributed by atoms with van der Waals surface area (Å²) in [6.07, 6.45) is 0.0378. The van der Waals surface area contributed by atoms with Crippen molar-refractivity contribution in [1.29, 1.82) is 0 Å². The summed E-state index contributed by atoms with van der Waals surface area (Å²) in [6, 6.07) is 3.59. The van der Waals surface area contributed by atoms with Gasteiger partial charge in [-0.3, -0.25) is 0 Å². The lowest BCUT2D eigenvalue weighted by molar-refractivity contribution is 0.113. The normalized spacial score (nSPS) is 11.6. The fraction of sp³-hybridized carbons (Fsp3) is 0.500. The predicted molar refractivity (Wildman–Crippen MR) is 63.5 cm³/mol. The van der Waals surface area contributed by atoms with Gasteiger partial charge in [0.15, 0.2) is 5.65 Å². The zero-order valence-electron chi connectivity index (χ0n) is 10.1. The van der Waals surface area contributed by atoms with E-state index in [1.165, 1.54) is 4.68 Å². The third-order valence-electron chi connectivity index (χ3n) is 2.48. The maximum Gasteiger partial charge on any atom is 0.258 e. The fourth-order valence-electron chi connectivity index (χ4n) is 1.75. The number of pyridine rings is 1. The molecule has 0 saturated heterocycles. The number of halogens is 2. The number of hydrogen-bond acceptors (Lipinski definition) is 3. The second kappa shape index (κ2) is 5.86. The highest BCUT2D eigenvalue weighted by atomic mass is 19.3. The van der Waals surface area contributed by atoms with Crippen molar-refractivity contribution in [2.24, 2.45) is 0 Å². The van der Waals surface area contributed by atoms with Crippen molar-refractivity contribution in [3.63, 3.8) is 0 Å². The van der Waals surface area contributed by atoms with Gasteiger partial charge in [0.05, 0.1) is 12.3 Å². The second-order valence-corrected chi connectivity index (χ2v) is 3.95. The molecule has 98 valence electrons. The van der Waals surface area contributed by atoms with Crippen molar-refractivity contribution >= 4 is 11.0 Å². The third-order valence-corrected chi connectivity index (χ3v) is 2.48. The molecule has 2 rings (SSSR count). The zero-order chi connectivity index (χ0) is 13.0. The van der Waals surface area contributed by atoms with Gasteiger partial charge in [-0.2, -0.15) is 5.10 Å². The highest BCUT2D eigenvalue weighted by molar-refractivity contribution is 5.77. The molecule has 0 saturated carbocycles. The van der Waals surface area contributed by atoms with Crippen LogP contribution in [0.5, 0.6) is 0 Å². The predicted octanol–water partition coefficient (Wildman–Crippen LogP) is 2.62. The van der Waals surface area contributed by atoms with E-state index in [0.717, 1.165) is 11.8 Å². The van der Waals surface area contributed by atoms with Crippen molar-refractivity contribution in [3.8, 4) is 0 Å². The molecular formula is C12H15F2N3O. The molecule has 18 heavy (non-hydrogen) atoms. The lowest BCUT2D eigenvalue weighted by atomic mass is 10.3. The Balaban J connectivity index is 2.29. The SMILES string of the molecule is CCCOCc1nn(CC(F)F)c2ncccc12. The smallest absolute Gasteiger partial charge is 0.258 e. The molecule has 2 heterocycles. The van der Waals surface area contributed by atoms with Gasteiger partial charge in [-0.05, 0) is 18.6 Å². The van der Waals surface area contributed by atoms with Crippen LogP contribution in [0.4, 0.5) is 8.78 Å². The first-order chi connectivity index (χ1) is 8.72. The highest BCUT2D eigenvalue weighted by Crippen LogP contribution is 2.18. The highest BCUT2D eigenvalue weighted by Gasteiger charge is 2.14. The minimum atomic E-state index is -2.44. The summed E-state index contributed by atoms with van der Waals surface area (Å²) in [5, 5.41) is 4.92. The van der Waals surface area contributed by atoms with Gasteiger partial charge in [-0.25, -0.2) is 18.4 Å². The Morgan fingerprint density at radius 3 is 3.00 bits per heavy atom. The van der Waals surface area contributed by atoms with Crippen molar-refractivity contribution in [2.75, 3.05) is 6.61 Å². The molecule has 0 fully saturated rings. The zero-order valence-corrected chi connectivity index (χ0v) is 10.1. The van der Waals surface area contributed by atoms with Crippen LogP contribution in [0.3, 0.4) is 0 Å². The number of rotatable bonds is 6. The molecule has 2 aromatic heterocycles. The van der Waals surface area contributed by atoms with E-state index in [4.69, 9.17) is 4.74 Å². The van der Waals surface area contributed by atoms with Gasteiger partial charge in [0.25, 0.3) is 6.43 Å². The molecule has 0 bridgehead atoms. The molecule has 0 aliphatic carbocycles. The van der Waals surface area contributed by atoms with Gasteiger partial charge in [0.2, 0.25) is 0 Å². The van der Waals surface area contributed by atoms with Crippen molar-refractivity contribution in [3.05, 3.63) is 24.0 Å². The number of aromatic nitrogens is 3. The minimum Gasteiger partial charge on any atom is -0.375 e. The lowest BCUT2D eigenvalue weighted by Crippen LogP contribution is -2.09. The van der Waals surface area contributed by atoms with E-state index >= 15 is 0 Å². The largest absolute Gasteiger partial charge is 0.375 e. The van der Waals surface area contributed by atoms with Crippen molar-refractivity contribution in [1.82, 2.24) is 14.8 Å². The average molecular weight is 255 g/mol. The summed E-state index contributed by atoms with van der Waals surface area (Å²) < 4.78 is 31.5. The number of alkyl halides is 2. The molecule has 4 nitrogen and oxygen atoms in total. The van der Waals surface area contributed by atoms with Crippen LogP contribution < -0.4 is 0 Å². The van der Waals surface area contributed by atoms with Crippen LogP contribution >= 0.6 is 0 Å². The Morgan fingerprint density at radius 2 is 2.28 bits per heavy atom. The molecule has 2 aromatic rings. The molecule has 0 amide bonds. The summed E-state index contributed by atoms with van der Waals surface area (Å²) in [4.78, 5) is 4.09. The van der Waals surface area contributed by atoms with Gasteiger partial charge in [-0.15, -0.1) is 0 Å². The van der Waals surface area contributed by atoms with Gasteiger partial charge in [-0.1, -0.05) is 6.92 Å². The quantitative estimate of drug-likeness (QED) is 0.745. The first-order valence-electron chi connectivity index (χ1n) is 5.88. The minimum absolute atomic E-state index is 0.326. The number of ether oxygens (including phenoxy) is 1. The van der Waals surface area contributed by atoms with Crippen LogP contribution in [0.15, 0.2) is 18.3 Å². The number of hydrogen-bond donors (Lipinski definition) is 0. The van der Waals surface area contributed by atoms with Crippen LogP contribution in [0.1, 0.15) is 19.0 Å². The van der Waals surface area contributed by atoms with Gasteiger partial charge >= 0.3 is 0 Å². The Hall–Kier alpha value is -1.56. The Labute approximate surface area is 104 Å². The number of nitrogens with zero attached hydrogens (tertiary/aromatic N) is 3. The average Bonchev–Trinajstić information content (AvgIpc) is 2.68. The standard InChI is InChI=1S/C12H15F2N3O/c1-2-6-18-8-10-9-4-3-5-15-12(9)17(16-10)7-11(13)14/h3-5,11H,2,6-8H2,1H3. The Morgan fingerprint density at radius 1 is 1.44 bits per heavy atom. The maximum absolute atomic E-state index is 12.4. The van der Waals surface area contributed by atoms with Crippen LogP contribution in [0, 0.1) is 0 Å². The van der Waals surface area contributed by atoms with Gasteiger partial charge in [0, 0.05) is 18.2 Å². The topological polar surface area (TPSA) is 39.9 Å². The summed E-state index contributed by atoms with van der Waals surface area (Å²) in [7, 11) is 0. The van der Waals surface area contributed by atoms with Crippen LogP contribution in [0.25, 0.3) is 11.0 Å². The van der Waals surface area contributed by atoms with E-state index < -0.39 is 13.0 Å². The van der Waals surface area contributed by atoms with E-state index in [1.54, 1.807) is 12.3 Å². The summed E-state index contributed by atoms with van der Waals surface area (Å²) >= 11 is 0. The molecule has 0 spiro atoms. The second-order valence-electron chi connectivity index (χ2n) is 3.95.